The van der Waals surface area contributed by atoms with Crippen LogP contribution in [0.15, 0.2) is 24.3 Å². The average Bonchev–Trinajstić information content (AvgIpc) is 2.47. The number of aliphatic hydroxyl groups excluding tert-OH is 1. The molecule has 2 heterocycles. The van der Waals surface area contributed by atoms with E-state index in [1.807, 2.05) is 6.07 Å². The Morgan fingerprint density at radius 3 is 2.71 bits per heavy atom. The molecule has 3 rings (SSSR count). The summed E-state index contributed by atoms with van der Waals surface area (Å²) in [5, 5.41) is 9.10. The Kier molecular flexibility index (Phi) is 3.75. The first-order valence-corrected chi connectivity index (χ1v) is 9.02. The topological polar surface area (TPSA) is 74.7 Å². The molecule has 2 aliphatic rings. The summed E-state index contributed by atoms with van der Waals surface area (Å²) in [6.45, 7) is 0.364. The molecule has 0 radical (unpaired) electrons. The first-order valence-electron chi connectivity index (χ1n) is 7.30. The van der Waals surface area contributed by atoms with Crippen LogP contribution in [0.1, 0.15) is 37.4 Å². The molecule has 0 aliphatic carbocycles. The van der Waals surface area contributed by atoms with Gasteiger partial charge in [-0.05, 0) is 25.3 Å². The van der Waals surface area contributed by atoms with Gasteiger partial charge in [0, 0.05) is 17.8 Å². The molecule has 0 spiro atoms. The lowest BCUT2D eigenvalue weighted by Crippen LogP contribution is -2.47. The molecule has 1 N–H and O–H groups in total. The van der Waals surface area contributed by atoms with E-state index in [0.717, 1.165) is 6.42 Å². The molecule has 21 heavy (non-hydrogen) atoms. The van der Waals surface area contributed by atoms with E-state index in [0.29, 0.717) is 37.1 Å². The maximum Gasteiger partial charge on any atom is 0.245 e. The second-order valence-corrected chi connectivity index (χ2v) is 8.01. The van der Waals surface area contributed by atoms with Gasteiger partial charge in [0.1, 0.15) is 5.25 Å². The number of anilines is 1. The molecular formula is C15H19NO4S. The fourth-order valence-corrected chi connectivity index (χ4v) is 5.03. The van der Waals surface area contributed by atoms with Crippen LogP contribution in [0.25, 0.3) is 0 Å². The predicted octanol–water partition coefficient (Wildman–Crippen LogP) is 1.42. The monoisotopic (exact) mass is 309 g/mol. The smallest absolute Gasteiger partial charge is 0.245 e. The number of amides is 1. The van der Waals surface area contributed by atoms with Crippen molar-refractivity contribution in [3.63, 3.8) is 0 Å². The Morgan fingerprint density at radius 1 is 1.19 bits per heavy atom. The second kappa shape index (κ2) is 5.42. The summed E-state index contributed by atoms with van der Waals surface area (Å²) in [5.41, 5.74) is 1.34. The van der Waals surface area contributed by atoms with Gasteiger partial charge >= 0.3 is 0 Å². The zero-order valence-corrected chi connectivity index (χ0v) is 12.6. The summed E-state index contributed by atoms with van der Waals surface area (Å²) in [6.07, 6.45) is 1.67. The van der Waals surface area contributed by atoms with E-state index < -0.39 is 21.2 Å². The quantitative estimate of drug-likeness (QED) is 0.851. The van der Waals surface area contributed by atoms with Crippen molar-refractivity contribution < 1.29 is 18.3 Å². The average molecular weight is 309 g/mol. The number of benzene rings is 1. The lowest BCUT2D eigenvalue weighted by atomic mass is 9.98. The van der Waals surface area contributed by atoms with Crippen LogP contribution in [0, 0.1) is 0 Å². The summed E-state index contributed by atoms with van der Waals surface area (Å²) >= 11 is 0. The van der Waals surface area contributed by atoms with Crippen molar-refractivity contribution in [2.24, 2.45) is 0 Å². The van der Waals surface area contributed by atoms with Crippen molar-refractivity contribution in [2.75, 3.05) is 17.2 Å². The van der Waals surface area contributed by atoms with E-state index >= 15 is 0 Å². The predicted molar refractivity (Wildman–Crippen MR) is 79.8 cm³/mol. The number of nitrogens with zero attached hydrogens (tertiary/aromatic N) is 1. The molecule has 1 saturated heterocycles. The summed E-state index contributed by atoms with van der Waals surface area (Å²) in [5.74, 6) is -0.240. The Balaban J connectivity index is 1.94. The molecule has 1 amide bonds. The molecule has 6 heteroatoms. The number of para-hydroxylation sites is 1. The number of carbonyl (C=O) groups excluding carboxylic acids is 1. The third-order valence-corrected chi connectivity index (χ3v) is 6.49. The highest BCUT2D eigenvalue weighted by Crippen LogP contribution is 2.35. The summed E-state index contributed by atoms with van der Waals surface area (Å²) in [6, 6.07) is 7.17. The van der Waals surface area contributed by atoms with Gasteiger partial charge in [-0.3, -0.25) is 4.79 Å². The zero-order chi connectivity index (χ0) is 15.0. The SMILES string of the molecule is O=C(C1CCCCS1(=O)=O)N1CCC(O)c2ccccc21. The number of aliphatic hydroxyl groups is 1. The second-order valence-electron chi connectivity index (χ2n) is 5.70. The van der Waals surface area contributed by atoms with Crippen LogP contribution in [0.3, 0.4) is 0 Å². The molecular weight excluding hydrogens is 290 g/mol. The van der Waals surface area contributed by atoms with Crippen LogP contribution >= 0.6 is 0 Å². The lowest BCUT2D eigenvalue weighted by molar-refractivity contribution is -0.118. The van der Waals surface area contributed by atoms with Gasteiger partial charge in [0.05, 0.1) is 11.9 Å². The maximum absolute atomic E-state index is 12.7. The molecule has 0 saturated carbocycles. The Morgan fingerprint density at radius 2 is 1.95 bits per heavy atom. The number of hydrogen-bond acceptors (Lipinski definition) is 4. The van der Waals surface area contributed by atoms with Gasteiger partial charge in [-0.2, -0.15) is 0 Å². The van der Waals surface area contributed by atoms with Gasteiger partial charge < -0.3 is 10.0 Å². The van der Waals surface area contributed by atoms with Crippen LogP contribution in [0.2, 0.25) is 0 Å². The Bertz CT molecular complexity index is 655. The van der Waals surface area contributed by atoms with Gasteiger partial charge in [-0.1, -0.05) is 24.6 Å². The summed E-state index contributed by atoms with van der Waals surface area (Å²) in [4.78, 5) is 14.2. The van der Waals surface area contributed by atoms with Gasteiger partial charge in [-0.25, -0.2) is 8.42 Å². The van der Waals surface area contributed by atoms with Crippen molar-refractivity contribution in [1.29, 1.82) is 0 Å². The zero-order valence-electron chi connectivity index (χ0n) is 11.7. The number of carbonyl (C=O) groups is 1. The van der Waals surface area contributed by atoms with E-state index in [4.69, 9.17) is 0 Å². The standard InChI is InChI=1S/C15H19NO4S/c17-13-8-9-16(12-6-2-1-5-11(12)13)15(18)14-7-3-4-10-21(14,19)20/h1-2,5-6,13-14,17H,3-4,7-10H2. The lowest BCUT2D eigenvalue weighted by Gasteiger charge is -2.35. The fourth-order valence-electron chi connectivity index (χ4n) is 3.18. The molecule has 5 nitrogen and oxygen atoms in total. The normalized spacial score (nSPS) is 28.0. The minimum absolute atomic E-state index is 0.0987. The van der Waals surface area contributed by atoms with Crippen LogP contribution in [-0.2, 0) is 14.6 Å². The highest BCUT2D eigenvalue weighted by atomic mass is 32.2. The van der Waals surface area contributed by atoms with Gasteiger partial charge in [0.25, 0.3) is 0 Å². The number of sulfone groups is 1. The maximum atomic E-state index is 12.7. The summed E-state index contributed by atoms with van der Waals surface area (Å²) < 4.78 is 24.3. The summed E-state index contributed by atoms with van der Waals surface area (Å²) in [7, 11) is -3.34. The van der Waals surface area contributed by atoms with E-state index in [1.54, 1.807) is 18.2 Å². The largest absolute Gasteiger partial charge is 0.388 e. The van der Waals surface area contributed by atoms with E-state index in [-0.39, 0.29) is 11.7 Å². The molecule has 1 aromatic carbocycles. The first-order chi connectivity index (χ1) is 10.0. The molecule has 114 valence electrons. The molecule has 0 bridgehead atoms. The first kappa shape index (κ1) is 14.5. The Labute approximate surface area is 124 Å². The van der Waals surface area contributed by atoms with Gasteiger partial charge in [0.15, 0.2) is 9.84 Å². The van der Waals surface area contributed by atoms with E-state index in [9.17, 15) is 18.3 Å². The Hall–Kier alpha value is -1.40. The van der Waals surface area contributed by atoms with Crippen molar-refractivity contribution in [3.05, 3.63) is 29.8 Å². The van der Waals surface area contributed by atoms with E-state index in [1.165, 1.54) is 4.90 Å². The molecule has 2 aliphatic heterocycles. The molecule has 1 aromatic rings. The van der Waals surface area contributed by atoms with Crippen LogP contribution in [-0.4, -0.2) is 37.0 Å². The fraction of sp³-hybridized carbons (Fsp3) is 0.533. The van der Waals surface area contributed by atoms with Crippen molar-refractivity contribution in [2.45, 2.75) is 37.0 Å². The van der Waals surface area contributed by atoms with Crippen LogP contribution < -0.4 is 4.90 Å². The van der Waals surface area contributed by atoms with Crippen molar-refractivity contribution >= 4 is 21.4 Å². The molecule has 1 fully saturated rings. The number of fused-ring (bicyclic) bond motifs is 1. The number of rotatable bonds is 1. The van der Waals surface area contributed by atoms with E-state index in [2.05, 4.69) is 0 Å². The van der Waals surface area contributed by atoms with Gasteiger partial charge in [-0.15, -0.1) is 0 Å². The van der Waals surface area contributed by atoms with Crippen molar-refractivity contribution in [1.82, 2.24) is 0 Å². The van der Waals surface area contributed by atoms with Gasteiger partial charge in [0.2, 0.25) is 5.91 Å². The van der Waals surface area contributed by atoms with Crippen LogP contribution in [0.4, 0.5) is 5.69 Å². The van der Waals surface area contributed by atoms with Crippen LogP contribution in [0.5, 0.6) is 0 Å². The minimum Gasteiger partial charge on any atom is -0.388 e. The number of hydrogen-bond donors (Lipinski definition) is 1. The molecule has 2 atom stereocenters. The highest BCUT2D eigenvalue weighted by Gasteiger charge is 2.39. The minimum atomic E-state index is -3.34. The molecule has 2 unspecified atom stereocenters. The third-order valence-electron chi connectivity index (χ3n) is 4.33. The third kappa shape index (κ3) is 2.58. The molecule has 0 aromatic heterocycles. The highest BCUT2D eigenvalue weighted by molar-refractivity contribution is 7.92. The van der Waals surface area contributed by atoms with Crippen molar-refractivity contribution in [3.8, 4) is 0 Å².